The normalized spacial score (nSPS) is 32.8. The summed E-state index contributed by atoms with van der Waals surface area (Å²) in [5.74, 6) is 0. The molecule has 1 aliphatic carbocycles. The van der Waals surface area contributed by atoms with Crippen molar-refractivity contribution < 1.29 is 0 Å². The van der Waals surface area contributed by atoms with Gasteiger partial charge in [0.25, 0.3) is 0 Å². The first-order valence-corrected chi connectivity index (χ1v) is 6.00. The number of piperidine rings is 1. The molecule has 0 radical (unpaired) electrons. The Morgan fingerprint density at radius 1 is 1.53 bits per heavy atom. The molecule has 2 N–H and O–H groups in total. The Kier molecular flexibility index (Phi) is 3.27. The van der Waals surface area contributed by atoms with Gasteiger partial charge in [-0.3, -0.25) is 0 Å². The lowest BCUT2D eigenvalue weighted by Crippen LogP contribution is -2.53. The lowest BCUT2D eigenvalue weighted by Gasteiger charge is -2.39. The third kappa shape index (κ3) is 2.93. The Balaban J connectivity index is 1.97. The number of hydrogen-bond acceptors (Lipinski definition) is 2. The van der Waals surface area contributed by atoms with Crippen molar-refractivity contribution in [1.29, 1.82) is 0 Å². The molecule has 0 aromatic rings. The second-order valence-corrected chi connectivity index (χ2v) is 5.17. The van der Waals surface area contributed by atoms with Crippen LogP contribution in [0.3, 0.4) is 0 Å². The Morgan fingerprint density at radius 3 is 3.07 bits per heavy atom. The van der Waals surface area contributed by atoms with Crippen molar-refractivity contribution in [3.63, 3.8) is 0 Å². The summed E-state index contributed by atoms with van der Waals surface area (Å²) >= 11 is 0. The summed E-state index contributed by atoms with van der Waals surface area (Å²) in [6.07, 6.45) is 12.6. The molecule has 0 bridgehead atoms. The number of rotatable bonds is 2. The van der Waals surface area contributed by atoms with E-state index in [0.717, 1.165) is 13.0 Å². The van der Waals surface area contributed by atoms with Crippen LogP contribution in [0.15, 0.2) is 23.8 Å². The van der Waals surface area contributed by atoms with Crippen LogP contribution in [-0.2, 0) is 0 Å². The van der Waals surface area contributed by atoms with Crippen molar-refractivity contribution >= 4 is 0 Å². The molecule has 2 aliphatic rings. The number of allylic oxidation sites excluding steroid dienone is 3. The van der Waals surface area contributed by atoms with Crippen LogP contribution in [0.5, 0.6) is 0 Å². The van der Waals surface area contributed by atoms with Crippen LogP contribution in [0.2, 0.25) is 0 Å². The minimum atomic E-state index is 0.0318. The zero-order valence-corrected chi connectivity index (χ0v) is 9.71. The van der Waals surface area contributed by atoms with E-state index in [0.29, 0.717) is 0 Å². The van der Waals surface area contributed by atoms with Gasteiger partial charge in [0.1, 0.15) is 0 Å². The molecule has 15 heavy (non-hydrogen) atoms. The first-order chi connectivity index (χ1) is 7.18. The lowest BCUT2D eigenvalue weighted by molar-refractivity contribution is 0.177. The minimum absolute atomic E-state index is 0.0318. The van der Waals surface area contributed by atoms with Gasteiger partial charge in [-0.2, -0.15) is 0 Å². The predicted octanol–water partition coefficient (Wildman–Crippen LogP) is 2.08. The van der Waals surface area contributed by atoms with E-state index in [9.17, 15) is 0 Å². The summed E-state index contributed by atoms with van der Waals surface area (Å²) in [7, 11) is 2.18. The molecule has 0 aromatic heterocycles. The Morgan fingerprint density at radius 2 is 2.40 bits per heavy atom. The molecule has 2 nitrogen and oxygen atoms in total. The maximum Gasteiger partial charge on any atom is 0.0321 e. The lowest BCUT2D eigenvalue weighted by atomic mass is 9.82. The van der Waals surface area contributed by atoms with Crippen LogP contribution in [-0.4, -0.2) is 30.6 Å². The molecule has 84 valence electrons. The van der Waals surface area contributed by atoms with E-state index < -0.39 is 0 Å². The van der Waals surface area contributed by atoms with E-state index in [1.807, 2.05) is 0 Å². The average molecular weight is 206 g/mol. The quantitative estimate of drug-likeness (QED) is 0.749. The van der Waals surface area contributed by atoms with Gasteiger partial charge < -0.3 is 10.6 Å². The van der Waals surface area contributed by atoms with E-state index in [-0.39, 0.29) is 5.54 Å². The van der Waals surface area contributed by atoms with Crippen LogP contribution >= 0.6 is 0 Å². The molecule has 0 saturated carbocycles. The summed E-state index contributed by atoms with van der Waals surface area (Å²) < 4.78 is 0. The number of hydrogen-bond donors (Lipinski definition) is 1. The fraction of sp³-hybridized carbons (Fsp3) is 0.692. The highest BCUT2D eigenvalue weighted by Crippen LogP contribution is 2.27. The second kappa shape index (κ2) is 4.50. The van der Waals surface area contributed by atoms with Crippen molar-refractivity contribution in [2.75, 3.05) is 20.1 Å². The van der Waals surface area contributed by atoms with Crippen LogP contribution in [0.4, 0.5) is 0 Å². The molecule has 0 spiro atoms. The van der Waals surface area contributed by atoms with Crippen molar-refractivity contribution in [1.82, 2.24) is 4.90 Å². The summed E-state index contributed by atoms with van der Waals surface area (Å²) in [4.78, 5) is 2.36. The Hall–Kier alpha value is -0.600. The van der Waals surface area contributed by atoms with Crippen LogP contribution in [0.25, 0.3) is 0 Å². The second-order valence-electron chi connectivity index (χ2n) is 5.17. The highest BCUT2D eigenvalue weighted by molar-refractivity contribution is 5.20. The van der Waals surface area contributed by atoms with E-state index >= 15 is 0 Å². The fourth-order valence-corrected chi connectivity index (χ4v) is 2.79. The Labute approximate surface area is 92.8 Å². The number of nitrogens with two attached hydrogens (primary N) is 1. The standard InChI is InChI=1S/C13H22N2/c1-15-9-5-8-13(14,11-15)10-12-6-3-2-4-7-12/h2-3,6H,4-5,7-11,14H2,1H3. The monoisotopic (exact) mass is 206 g/mol. The van der Waals surface area contributed by atoms with Gasteiger partial charge >= 0.3 is 0 Å². The highest BCUT2D eigenvalue weighted by atomic mass is 15.1. The molecular formula is C13H22N2. The Bertz CT molecular complexity index is 280. The summed E-state index contributed by atoms with van der Waals surface area (Å²) in [6.45, 7) is 2.26. The molecule has 1 aliphatic heterocycles. The molecule has 0 amide bonds. The van der Waals surface area contributed by atoms with Crippen molar-refractivity contribution in [2.45, 2.75) is 37.6 Å². The molecular weight excluding hydrogens is 184 g/mol. The van der Waals surface area contributed by atoms with E-state index in [1.165, 1.54) is 37.8 Å². The third-order valence-corrected chi connectivity index (χ3v) is 3.48. The zero-order chi connectivity index (χ0) is 10.7. The zero-order valence-electron chi connectivity index (χ0n) is 9.71. The first kappa shape index (κ1) is 10.9. The molecule has 1 fully saturated rings. The SMILES string of the molecule is CN1CCCC(N)(CC2=CC=CCC2)C1. The van der Waals surface area contributed by atoms with Gasteiger partial charge in [0, 0.05) is 12.1 Å². The first-order valence-electron chi connectivity index (χ1n) is 6.00. The van der Waals surface area contributed by atoms with Crippen LogP contribution in [0, 0.1) is 0 Å². The smallest absolute Gasteiger partial charge is 0.0321 e. The molecule has 2 rings (SSSR count). The minimum Gasteiger partial charge on any atom is -0.324 e. The summed E-state index contributed by atoms with van der Waals surface area (Å²) in [5, 5.41) is 0. The van der Waals surface area contributed by atoms with Crippen molar-refractivity contribution in [3.8, 4) is 0 Å². The highest BCUT2D eigenvalue weighted by Gasteiger charge is 2.30. The van der Waals surface area contributed by atoms with Gasteiger partial charge in [-0.25, -0.2) is 0 Å². The van der Waals surface area contributed by atoms with Gasteiger partial charge in [0.05, 0.1) is 0 Å². The van der Waals surface area contributed by atoms with Gasteiger partial charge in [-0.05, 0) is 45.7 Å². The van der Waals surface area contributed by atoms with Crippen molar-refractivity contribution in [2.24, 2.45) is 5.73 Å². The van der Waals surface area contributed by atoms with Gasteiger partial charge in [0.15, 0.2) is 0 Å². The molecule has 1 atom stereocenters. The summed E-state index contributed by atoms with van der Waals surface area (Å²) in [6, 6.07) is 0. The van der Waals surface area contributed by atoms with Gasteiger partial charge in [0.2, 0.25) is 0 Å². The third-order valence-electron chi connectivity index (χ3n) is 3.48. The molecule has 1 saturated heterocycles. The maximum absolute atomic E-state index is 6.47. The van der Waals surface area contributed by atoms with Crippen molar-refractivity contribution in [3.05, 3.63) is 23.8 Å². The predicted molar refractivity (Wildman–Crippen MR) is 64.7 cm³/mol. The molecule has 2 heteroatoms. The number of likely N-dealkylation sites (tertiary alicyclic amines) is 1. The van der Waals surface area contributed by atoms with E-state index in [1.54, 1.807) is 0 Å². The maximum atomic E-state index is 6.47. The summed E-state index contributed by atoms with van der Waals surface area (Å²) in [5.41, 5.74) is 8.04. The number of likely N-dealkylation sites (N-methyl/N-ethyl adjacent to an activating group) is 1. The number of nitrogens with zero attached hydrogens (tertiary/aromatic N) is 1. The fourth-order valence-electron chi connectivity index (χ4n) is 2.79. The average Bonchev–Trinajstić information content (AvgIpc) is 2.18. The van der Waals surface area contributed by atoms with E-state index in [4.69, 9.17) is 5.73 Å². The molecule has 0 aromatic carbocycles. The van der Waals surface area contributed by atoms with Crippen LogP contribution < -0.4 is 5.73 Å². The van der Waals surface area contributed by atoms with Gasteiger partial charge in [-0.15, -0.1) is 0 Å². The largest absolute Gasteiger partial charge is 0.324 e. The van der Waals surface area contributed by atoms with Gasteiger partial charge in [-0.1, -0.05) is 23.8 Å². The van der Waals surface area contributed by atoms with E-state index in [2.05, 4.69) is 30.2 Å². The topological polar surface area (TPSA) is 29.3 Å². The molecule has 1 heterocycles. The molecule has 1 unspecified atom stereocenters. The van der Waals surface area contributed by atoms with Crippen LogP contribution in [0.1, 0.15) is 32.1 Å².